The predicted molar refractivity (Wildman–Crippen MR) is 77.1 cm³/mol. The van der Waals surface area contributed by atoms with Gasteiger partial charge in [0.1, 0.15) is 11.6 Å². The molecule has 1 nitrogen and oxygen atoms in total. The van der Waals surface area contributed by atoms with Gasteiger partial charge in [0.15, 0.2) is 5.78 Å². The second kappa shape index (κ2) is 7.20. The molecule has 0 aliphatic heterocycles. The van der Waals surface area contributed by atoms with Crippen LogP contribution in [0.4, 0.5) is 8.78 Å². The van der Waals surface area contributed by atoms with Crippen molar-refractivity contribution in [3.63, 3.8) is 0 Å². The number of ketones is 1. The number of thioether (sulfide) groups is 1. The lowest BCUT2D eigenvalue weighted by molar-refractivity contribution is 0.0982. The van der Waals surface area contributed by atoms with E-state index in [0.717, 1.165) is 17.1 Å². The van der Waals surface area contributed by atoms with Crippen LogP contribution in [0.25, 0.3) is 0 Å². The zero-order valence-corrected chi connectivity index (χ0v) is 11.6. The Hall–Kier alpha value is -1.68. The third kappa shape index (κ3) is 4.46. The molecule has 0 N–H and O–H groups in total. The van der Waals surface area contributed by atoms with Crippen LogP contribution < -0.4 is 0 Å². The largest absolute Gasteiger partial charge is 0.294 e. The minimum Gasteiger partial charge on any atom is -0.294 e. The van der Waals surface area contributed by atoms with E-state index in [9.17, 15) is 13.6 Å². The van der Waals surface area contributed by atoms with Crippen LogP contribution in [0.1, 0.15) is 23.2 Å². The third-order valence-corrected chi connectivity index (χ3v) is 3.90. The molecule has 2 aromatic rings. The van der Waals surface area contributed by atoms with Gasteiger partial charge in [-0.05, 0) is 60.7 Å². The Balaban J connectivity index is 1.74. The number of hydrogen-bond acceptors (Lipinski definition) is 2. The van der Waals surface area contributed by atoms with Crippen LogP contribution in [0, 0.1) is 11.6 Å². The van der Waals surface area contributed by atoms with Gasteiger partial charge in [-0.25, -0.2) is 8.78 Å². The van der Waals surface area contributed by atoms with Crippen LogP contribution in [0.3, 0.4) is 0 Å². The number of carbonyl (C=O) groups is 1. The van der Waals surface area contributed by atoms with Gasteiger partial charge in [-0.15, -0.1) is 11.8 Å². The van der Waals surface area contributed by atoms with Crippen LogP contribution in [0.5, 0.6) is 0 Å². The van der Waals surface area contributed by atoms with Gasteiger partial charge < -0.3 is 0 Å². The number of rotatable bonds is 6. The third-order valence-electron chi connectivity index (χ3n) is 2.80. The second-order valence-electron chi connectivity index (χ2n) is 4.34. The Kier molecular flexibility index (Phi) is 5.30. The maximum Gasteiger partial charge on any atom is 0.162 e. The summed E-state index contributed by atoms with van der Waals surface area (Å²) in [6.45, 7) is 0. The molecule has 2 rings (SSSR count). The standard InChI is InChI=1S/C16H14F2OS/c17-13-5-3-12(4-6-13)16(19)2-1-11-20-15-9-7-14(18)8-10-15/h3-10H,1-2,11H2. The van der Waals surface area contributed by atoms with Crippen LogP contribution in [0.15, 0.2) is 53.4 Å². The monoisotopic (exact) mass is 292 g/mol. The summed E-state index contributed by atoms with van der Waals surface area (Å²) in [5, 5.41) is 0. The Morgan fingerprint density at radius 1 is 0.900 bits per heavy atom. The molecule has 0 amide bonds. The first-order chi connectivity index (χ1) is 9.65. The molecule has 0 aromatic heterocycles. The molecule has 104 valence electrons. The lowest BCUT2D eigenvalue weighted by Crippen LogP contribution is -1.99. The predicted octanol–water partition coefficient (Wildman–Crippen LogP) is 4.72. The van der Waals surface area contributed by atoms with E-state index in [2.05, 4.69) is 0 Å². The molecule has 0 fully saturated rings. The fourth-order valence-electron chi connectivity index (χ4n) is 1.73. The van der Waals surface area contributed by atoms with E-state index in [1.54, 1.807) is 23.9 Å². The fourth-order valence-corrected chi connectivity index (χ4v) is 2.59. The summed E-state index contributed by atoms with van der Waals surface area (Å²) in [5.41, 5.74) is 0.540. The molecule has 0 heterocycles. The lowest BCUT2D eigenvalue weighted by atomic mass is 10.1. The summed E-state index contributed by atoms with van der Waals surface area (Å²) < 4.78 is 25.4. The fraction of sp³-hybridized carbons (Fsp3) is 0.188. The number of Topliss-reactive ketones (excluding diaryl/α,β-unsaturated/α-hetero) is 1. The molecule has 2 aromatic carbocycles. The second-order valence-corrected chi connectivity index (χ2v) is 5.50. The maximum atomic E-state index is 12.7. The molecule has 0 saturated carbocycles. The Bertz CT molecular complexity index is 564. The summed E-state index contributed by atoms with van der Waals surface area (Å²) in [7, 11) is 0. The number of benzene rings is 2. The first-order valence-electron chi connectivity index (χ1n) is 6.32. The minimum absolute atomic E-state index is 0.0182. The van der Waals surface area contributed by atoms with Gasteiger partial charge in [0.05, 0.1) is 0 Å². The van der Waals surface area contributed by atoms with E-state index >= 15 is 0 Å². The summed E-state index contributed by atoms with van der Waals surface area (Å²) in [6, 6.07) is 11.9. The highest BCUT2D eigenvalue weighted by atomic mass is 32.2. The molecule has 0 radical (unpaired) electrons. The van der Waals surface area contributed by atoms with E-state index in [1.807, 2.05) is 0 Å². The van der Waals surface area contributed by atoms with Crippen molar-refractivity contribution in [2.24, 2.45) is 0 Å². The summed E-state index contributed by atoms with van der Waals surface area (Å²) in [5.74, 6) is 0.220. The minimum atomic E-state index is -0.339. The van der Waals surface area contributed by atoms with Crippen molar-refractivity contribution in [3.05, 3.63) is 65.7 Å². The van der Waals surface area contributed by atoms with Crippen LogP contribution in [0.2, 0.25) is 0 Å². The molecular formula is C16H14F2OS. The van der Waals surface area contributed by atoms with E-state index in [0.29, 0.717) is 12.0 Å². The van der Waals surface area contributed by atoms with Gasteiger partial charge in [-0.3, -0.25) is 4.79 Å². The topological polar surface area (TPSA) is 17.1 Å². The summed E-state index contributed by atoms with van der Waals surface area (Å²) in [6.07, 6.45) is 1.16. The van der Waals surface area contributed by atoms with Crippen molar-refractivity contribution in [1.29, 1.82) is 0 Å². The number of carbonyl (C=O) groups excluding carboxylic acids is 1. The smallest absolute Gasteiger partial charge is 0.162 e. The van der Waals surface area contributed by atoms with Crippen molar-refractivity contribution in [2.45, 2.75) is 17.7 Å². The number of hydrogen-bond donors (Lipinski definition) is 0. The Labute approximate surface area is 121 Å². The van der Waals surface area contributed by atoms with E-state index < -0.39 is 0 Å². The first-order valence-corrected chi connectivity index (χ1v) is 7.31. The van der Waals surface area contributed by atoms with E-state index in [4.69, 9.17) is 0 Å². The van der Waals surface area contributed by atoms with Crippen molar-refractivity contribution in [3.8, 4) is 0 Å². The molecule has 20 heavy (non-hydrogen) atoms. The van der Waals surface area contributed by atoms with Gasteiger partial charge >= 0.3 is 0 Å². The van der Waals surface area contributed by atoms with Gasteiger partial charge in [0, 0.05) is 16.9 Å². The highest BCUT2D eigenvalue weighted by molar-refractivity contribution is 7.99. The van der Waals surface area contributed by atoms with Crippen LogP contribution in [-0.4, -0.2) is 11.5 Å². The molecule has 0 atom stereocenters. The highest BCUT2D eigenvalue weighted by Gasteiger charge is 2.05. The first kappa shape index (κ1) is 14.7. The van der Waals surface area contributed by atoms with Crippen molar-refractivity contribution < 1.29 is 13.6 Å². The van der Waals surface area contributed by atoms with Crippen LogP contribution in [-0.2, 0) is 0 Å². The maximum absolute atomic E-state index is 12.7. The van der Waals surface area contributed by atoms with Gasteiger partial charge in [0.2, 0.25) is 0 Å². The Morgan fingerprint density at radius 2 is 1.45 bits per heavy atom. The van der Waals surface area contributed by atoms with Crippen molar-refractivity contribution in [2.75, 3.05) is 5.75 Å². The average Bonchev–Trinajstić information content (AvgIpc) is 2.46. The zero-order chi connectivity index (χ0) is 14.4. The summed E-state index contributed by atoms with van der Waals surface area (Å²) in [4.78, 5) is 12.8. The molecule has 0 aliphatic rings. The molecule has 0 saturated heterocycles. The highest BCUT2D eigenvalue weighted by Crippen LogP contribution is 2.20. The average molecular weight is 292 g/mol. The molecule has 0 spiro atoms. The molecule has 4 heteroatoms. The number of halogens is 2. The molecular weight excluding hydrogens is 278 g/mol. The van der Waals surface area contributed by atoms with Gasteiger partial charge in [0.25, 0.3) is 0 Å². The van der Waals surface area contributed by atoms with Gasteiger partial charge in [-0.2, -0.15) is 0 Å². The summed E-state index contributed by atoms with van der Waals surface area (Å²) >= 11 is 1.59. The normalized spacial score (nSPS) is 10.5. The molecule has 0 bridgehead atoms. The van der Waals surface area contributed by atoms with E-state index in [-0.39, 0.29) is 17.4 Å². The quantitative estimate of drug-likeness (QED) is 0.435. The van der Waals surface area contributed by atoms with Crippen LogP contribution >= 0.6 is 11.8 Å². The SMILES string of the molecule is O=C(CCCSc1ccc(F)cc1)c1ccc(F)cc1. The van der Waals surface area contributed by atoms with E-state index in [1.165, 1.54) is 36.4 Å². The zero-order valence-electron chi connectivity index (χ0n) is 10.8. The Morgan fingerprint density at radius 3 is 2.05 bits per heavy atom. The molecule has 0 aliphatic carbocycles. The van der Waals surface area contributed by atoms with Crippen molar-refractivity contribution >= 4 is 17.5 Å². The lowest BCUT2D eigenvalue weighted by Gasteiger charge is -2.02. The van der Waals surface area contributed by atoms with Gasteiger partial charge in [-0.1, -0.05) is 0 Å². The van der Waals surface area contributed by atoms with Crippen molar-refractivity contribution in [1.82, 2.24) is 0 Å². The molecule has 0 unspecified atom stereocenters.